The number of hydrogen-bond donors (Lipinski definition) is 0. The number of amides is 1. The number of likely N-dealkylation sites (tertiary alicyclic amines) is 1. The first kappa shape index (κ1) is 21.8. The number of morpholine rings is 1. The van der Waals surface area contributed by atoms with Crippen LogP contribution in [-0.2, 0) is 28.7 Å². The van der Waals surface area contributed by atoms with E-state index in [1.807, 2.05) is 4.90 Å². The molecule has 0 spiro atoms. The normalized spacial score (nSPS) is 20.7. The summed E-state index contributed by atoms with van der Waals surface area (Å²) in [7, 11) is 0. The molecule has 1 aromatic heterocycles. The number of rotatable bonds is 5. The fourth-order valence-electron chi connectivity index (χ4n) is 4.10. The van der Waals surface area contributed by atoms with Crippen molar-refractivity contribution in [2.24, 2.45) is 5.92 Å². The van der Waals surface area contributed by atoms with Gasteiger partial charge in [-0.2, -0.15) is 18.2 Å². The van der Waals surface area contributed by atoms with E-state index in [1.165, 1.54) is 6.07 Å². The fraction of sp³-hybridized carbons (Fsp3) is 0.571. The molecule has 0 saturated carbocycles. The number of piperidine rings is 1. The topological polar surface area (TPSA) is 71.7 Å². The Kier molecular flexibility index (Phi) is 6.57. The van der Waals surface area contributed by atoms with Gasteiger partial charge in [0.2, 0.25) is 11.8 Å². The molecule has 1 aromatic carbocycles. The third-order valence-corrected chi connectivity index (χ3v) is 5.66. The predicted molar refractivity (Wildman–Crippen MR) is 104 cm³/mol. The SMILES string of the molecule is O=C([C@@H]1CCCN(Cc2nc(Cc3cccc(C(F)(F)F)c3)no2)C1)N1CCOCC1. The van der Waals surface area contributed by atoms with Crippen LogP contribution in [0.2, 0.25) is 0 Å². The summed E-state index contributed by atoms with van der Waals surface area (Å²) in [6.45, 7) is 4.32. The Labute approximate surface area is 178 Å². The van der Waals surface area contributed by atoms with Crippen molar-refractivity contribution in [3.8, 4) is 0 Å². The van der Waals surface area contributed by atoms with E-state index < -0.39 is 11.7 Å². The number of aromatic nitrogens is 2. The van der Waals surface area contributed by atoms with Crippen LogP contribution in [0.25, 0.3) is 0 Å². The molecule has 2 aromatic rings. The molecule has 168 valence electrons. The lowest BCUT2D eigenvalue weighted by atomic mass is 9.96. The summed E-state index contributed by atoms with van der Waals surface area (Å²) in [5, 5.41) is 3.91. The van der Waals surface area contributed by atoms with Crippen LogP contribution in [0.1, 0.15) is 35.7 Å². The third kappa shape index (κ3) is 5.62. The standard InChI is InChI=1S/C21H25F3N4O3/c22-21(23,24)17-5-1-3-15(11-17)12-18-25-19(31-26-18)14-27-6-2-4-16(13-27)20(29)28-7-9-30-10-8-28/h1,3,5,11,16H,2,4,6-10,12-14H2/t16-/m1/s1. The largest absolute Gasteiger partial charge is 0.416 e. The Morgan fingerprint density at radius 1 is 1.19 bits per heavy atom. The highest BCUT2D eigenvalue weighted by Gasteiger charge is 2.31. The molecule has 0 N–H and O–H groups in total. The minimum Gasteiger partial charge on any atom is -0.378 e. The first-order valence-corrected chi connectivity index (χ1v) is 10.4. The first-order valence-electron chi connectivity index (χ1n) is 10.4. The summed E-state index contributed by atoms with van der Waals surface area (Å²) in [5.41, 5.74) is -0.227. The second-order valence-electron chi connectivity index (χ2n) is 7.99. The van der Waals surface area contributed by atoms with E-state index in [0.29, 0.717) is 56.7 Å². The lowest BCUT2D eigenvalue weighted by Gasteiger charge is -2.35. The maximum absolute atomic E-state index is 12.9. The number of nitrogens with zero attached hydrogens (tertiary/aromatic N) is 4. The van der Waals surface area contributed by atoms with Gasteiger partial charge in [-0.1, -0.05) is 23.4 Å². The van der Waals surface area contributed by atoms with Gasteiger partial charge in [-0.05, 0) is 31.0 Å². The van der Waals surface area contributed by atoms with Crippen molar-refractivity contribution >= 4 is 5.91 Å². The molecule has 10 heteroatoms. The molecule has 2 saturated heterocycles. The molecule has 31 heavy (non-hydrogen) atoms. The first-order chi connectivity index (χ1) is 14.9. The van der Waals surface area contributed by atoms with Crippen molar-refractivity contribution in [2.45, 2.75) is 32.0 Å². The molecule has 0 aliphatic carbocycles. The number of halogens is 3. The second-order valence-corrected chi connectivity index (χ2v) is 7.99. The molecule has 1 atom stereocenters. The molecule has 4 rings (SSSR count). The van der Waals surface area contributed by atoms with Crippen molar-refractivity contribution in [1.29, 1.82) is 0 Å². The number of carbonyl (C=O) groups excluding carboxylic acids is 1. The van der Waals surface area contributed by atoms with Gasteiger partial charge < -0.3 is 14.2 Å². The highest BCUT2D eigenvalue weighted by Crippen LogP contribution is 2.30. The van der Waals surface area contributed by atoms with Crippen LogP contribution in [0.3, 0.4) is 0 Å². The zero-order chi connectivity index (χ0) is 21.8. The van der Waals surface area contributed by atoms with E-state index in [0.717, 1.165) is 31.5 Å². The Bertz CT molecular complexity index is 896. The van der Waals surface area contributed by atoms with Crippen molar-refractivity contribution in [3.05, 3.63) is 47.1 Å². The minimum atomic E-state index is -4.39. The van der Waals surface area contributed by atoms with Crippen LogP contribution in [0.4, 0.5) is 13.2 Å². The van der Waals surface area contributed by atoms with Crippen molar-refractivity contribution in [1.82, 2.24) is 19.9 Å². The molecule has 1 amide bonds. The summed E-state index contributed by atoms with van der Waals surface area (Å²) in [6.07, 6.45) is -2.46. The molecule has 2 fully saturated rings. The van der Waals surface area contributed by atoms with Gasteiger partial charge in [0.05, 0.1) is 31.2 Å². The van der Waals surface area contributed by atoms with Crippen LogP contribution in [-0.4, -0.2) is 65.2 Å². The lowest BCUT2D eigenvalue weighted by Crippen LogP contribution is -2.48. The van der Waals surface area contributed by atoms with E-state index in [4.69, 9.17) is 9.26 Å². The van der Waals surface area contributed by atoms with Gasteiger partial charge in [0.15, 0.2) is 5.82 Å². The van der Waals surface area contributed by atoms with E-state index in [-0.39, 0.29) is 18.2 Å². The van der Waals surface area contributed by atoms with Gasteiger partial charge in [-0.3, -0.25) is 9.69 Å². The van der Waals surface area contributed by atoms with Crippen LogP contribution >= 0.6 is 0 Å². The van der Waals surface area contributed by atoms with Gasteiger partial charge in [0.25, 0.3) is 0 Å². The maximum Gasteiger partial charge on any atom is 0.416 e. The molecule has 3 heterocycles. The van der Waals surface area contributed by atoms with Crippen LogP contribution < -0.4 is 0 Å². The molecular weight excluding hydrogens is 413 g/mol. The molecule has 0 radical (unpaired) electrons. The van der Waals surface area contributed by atoms with Crippen molar-refractivity contribution in [2.75, 3.05) is 39.4 Å². The van der Waals surface area contributed by atoms with Gasteiger partial charge in [-0.15, -0.1) is 0 Å². The zero-order valence-electron chi connectivity index (χ0n) is 17.1. The van der Waals surface area contributed by atoms with E-state index in [1.54, 1.807) is 6.07 Å². The highest BCUT2D eigenvalue weighted by molar-refractivity contribution is 5.79. The van der Waals surface area contributed by atoms with Crippen LogP contribution in [0, 0.1) is 5.92 Å². The molecule has 2 aliphatic heterocycles. The van der Waals surface area contributed by atoms with Crippen LogP contribution in [0.5, 0.6) is 0 Å². The summed E-state index contributed by atoms with van der Waals surface area (Å²) >= 11 is 0. The second kappa shape index (κ2) is 9.35. The summed E-state index contributed by atoms with van der Waals surface area (Å²) < 4.78 is 49.3. The Morgan fingerprint density at radius 2 is 2.00 bits per heavy atom. The average molecular weight is 438 g/mol. The quantitative estimate of drug-likeness (QED) is 0.715. The Balaban J connectivity index is 1.34. The molecule has 7 nitrogen and oxygen atoms in total. The van der Waals surface area contributed by atoms with E-state index >= 15 is 0 Å². The average Bonchev–Trinajstić information content (AvgIpc) is 3.20. The monoisotopic (exact) mass is 438 g/mol. The Hall–Kier alpha value is -2.46. The van der Waals surface area contributed by atoms with E-state index in [9.17, 15) is 18.0 Å². The highest BCUT2D eigenvalue weighted by atomic mass is 19.4. The van der Waals surface area contributed by atoms with Crippen molar-refractivity contribution < 1.29 is 27.2 Å². The summed E-state index contributed by atoms with van der Waals surface area (Å²) in [4.78, 5) is 21.1. The number of alkyl halides is 3. The molecule has 2 aliphatic rings. The van der Waals surface area contributed by atoms with Gasteiger partial charge in [-0.25, -0.2) is 0 Å². The maximum atomic E-state index is 12.9. The van der Waals surface area contributed by atoms with Gasteiger partial charge in [0, 0.05) is 26.1 Å². The summed E-state index contributed by atoms with van der Waals surface area (Å²) in [6, 6.07) is 5.12. The third-order valence-electron chi connectivity index (χ3n) is 5.66. The van der Waals surface area contributed by atoms with Crippen molar-refractivity contribution in [3.63, 3.8) is 0 Å². The number of benzene rings is 1. The zero-order valence-corrected chi connectivity index (χ0v) is 17.1. The van der Waals surface area contributed by atoms with Gasteiger partial charge >= 0.3 is 6.18 Å². The number of carbonyl (C=O) groups is 1. The number of ether oxygens (including phenoxy) is 1. The van der Waals surface area contributed by atoms with Crippen LogP contribution in [0.15, 0.2) is 28.8 Å². The lowest BCUT2D eigenvalue weighted by molar-refractivity contribution is -0.141. The Morgan fingerprint density at radius 3 is 2.77 bits per heavy atom. The van der Waals surface area contributed by atoms with Gasteiger partial charge in [0.1, 0.15) is 0 Å². The molecule has 0 bridgehead atoms. The minimum absolute atomic E-state index is 0.0562. The predicted octanol–water partition coefficient (Wildman–Crippen LogP) is 2.75. The number of hydrogen-bond acceptors (Lipinski definition) is 6. The molecule has 0 unspecified atom stereocenters. The smallest absolute Gasteiger partial charge is 0.378 e. The van der Waals surface area contributed by atoms with E-state index in [2.05, 4.69) is 15.0 Å². The summed E-state index contributed by atoms with van der Waals surface area (Å²) in [5.74, 6) is 0.858. The fourth-order valence-corrected chi connectivity index (χ4v) is 4.10. The molecular formula is C21H25F3N4O3.